The van der Waals surface area contributed by atoms with Gasteiger partial charge in [0.15, 0.2) is 4.34 Å². The number of aromatic nitrogens is 2. The van der Waals surface area contributed by atoms with Gasteiger partial charge in [-0.05, 0) is 49.4 Å². The summed E-state index contributed by atoms with van der Waals surface area (Å²) >= 11 is 2.58. The van der Waals surface area contributed by atoms with Crippen molar-refractivity contribution in [2.45, 2.75) is 30.8 Å². The first-order valence-electron chi connectivity index (χ1n) is 9.23. The van der Waals surface area contributed by atoms with E-state index in [1.54, 1.807) is 49.7 Å². The van der Waals surface area contributed by atoms with Crippen molar-refractivity contribution in [2.75, 3.05) is 17.7 Å². The molecule has 2 aromatic heterocycles. The molecule has 0 aliphatic heterocycles. The zero-order chi connectivity index (χ0) is 21.5. The van der Waals surface area contributed by atoms with E-state index in [4.69, 9.17) is 9.15 Å². The van der Waals surface area contributed by atoms with Crippen LogP contribution in [0.15, 0.2) is 51.4 Å². The fourth-order valence-corrected chi connectivity index (χ4v) is 4.21. The summed E-state index contributed by atoms with van der Waals surface area (Å²) in [6.07, 6.45) is 1.56. The van der Waals surface area contributed by atoms with Gasteiger partial charge >= 0.3 is 0 Å². The number of thioether (sulfide) groups is 1. The minimum absolute atomic E-state index is 0.0130. The highest BCUT2D eigenvalue weighted by molar-refractivity contribution is 8.01. The molecule has 1 N–H and O–H groups in total. The van der Waals surface area contributed by atoms with Crippen LogP contribution in [-0.4, -0.2) is 40.9 Å². The number of rotatable bonds is 9. The summed E-state index contributed by atoms with van der Waals surface area (Å²) in [5, 5.41) is 11.3. The predicted molar refractivity (Wildman–Crippen MR) is 116 cm³/mol. The lowest BCUT2D eigenvalue weighted by atomic mass is 10.1. The Bertz CT molecular complexity index is 988. The van der Waals surface area contributed by atoms with Crippen molar-refractivity contribution in [1.82, 2.24) is 15.5 Å². The molecule has 3 aromatic rings. The number of benzene rings is 1. The van der Waals surface area contributed by atoms with Gasteiger partial charge in [-0.3, -0.25) is 9.59 Å². The van der Waals surface area contributed by atoms with Crippen molar-refractivity contribution >= 4 is 40.6 Å². The van der Waals surface area contributed by atoms with Crippen LogP contribution < -0.4 is 15.0 Å². The zero-order valence-electron chi connectivity index (χ0n) is 16.8. The predicted octanol–water partition coefficient (Wildman–Crippen LogP) is 3.60. The number of ether oxygens (including phenoxy) is 1. The number of nitrogens with zero attached hydrogens (tertiary/aromatic N) is 3. The Kier molecular flexibility index (Phi) is 7.47. The average Bonchev–Trinajstić information content (AvgIpc) is 3.41. The molecule has 0 bridgehead atoms. The highest BCUT2D eigenvalue weighted by Gasteiger charge is 2.19. The van der Waals surface area contributed by atoms with E-state index in [2.05, 4.69) is 15.5 Å². The third-order valence-corrected chi connectivity index (χ3v) is 5.86. The first kappa shape index (κ1) is 21.8. The Balaban J connectivity index is 1.61. The number of hydrogen-bond donors (Lipinski definition) is 1. The van der Waals surface area contributed by atoms with Gasteiger partial charge in [0, 0.05) is 7.05 Å². The number of para-hydroxylation sites is 1. The van der Waals surface area contributed by atoms with Crippen LogP contribution in [0.1, 0.15) is 30.0 Å². The second-order valence-corrected chi connectivity index (χ2v) is 8.68. The second-order valence-electron chi connectivity index (χ2n) is 6.52. The van der Waals surface area contributed by atoms with E-state index in [-0.39, 0.29) is 30.2 Å². The van der Waals surface area contributed by atoms with Gasteiger partial charge in [0.25, 0.3) is 11.1 Å². The molecule has 3 rings (SSSR count). The Morgan fingerprint density at radius 3 is 2.77 bits per heavy atom. The summed E-state index contributed by atoms with van der Waals surface area (Å²) < 4.78 is 11.4. The quantitative estimate of drug-likeness (QED) is 0.502. The van der Waals surface area contributed by atoms with E-state index >= 15 is 0 Å². The van der Waals surface area contributed by atoms with E-state index in [9.17, 15) is 9.59 Å². The summed E-state index contributed by atoms with van der Waals surface area (Å²) in [5.74, 6) is 0.371. The summed E-state index contributed by atoms with van der Waals surface area (Å²) in [7, 11) is 1.65. The van der Waals surface area contributed by atoms with Crippen molar-refractivity contribution in [2.24, 2.45) is 0 Å². The van der Waals surface area contributed by atoms with E-state index in [0.717, 1.165) is 0 Å². The highest BCUT2D eigenvalue weighted by Crippen LogP contribution is 2.28. The van der Waals surface area contributed by atoms with Gasteiger partial charge < -0.3 is 19.4 Å². The molecule has 0 spiro atoms. The van der Waals surface area contributed by atoms with Crippen LogP contribution in [0.25, 0.3) is 0 Å². The molecule has 0 fully saturated rings. The van der Waals surface area contributed by atoms with E-state index in [0.29, 0.717) is 26.5 Å². The second kappa shape index (κ2) is 10.3. The number of carbonyl (C=O) groups excluding carboxylic acids is 2. The lowest BCUT2D eigenvalue weighted by Gasteiger charge is -2.20. The molecule has 2 heterocycles. The standard InChI is InChI=1S/C20H22N4O4S2/c1-13(2)28-19-22-23-20(30-19)29-12-17(25)24(3)16-9-5-4-8-15(16)18(26)21-11-14-7-6-10-27-14/h4-10,13H,11-12H2,1-3H3,(H,21,26). The minimum Gasteiger partial charge on any atom is -0.467 e. The van der Waals surface area contributed by atoms with E-state index in [1.807, 2.05) is 13.8 Å². The van der Waals surface area contributed by atoms with Crippen LogP contribution >= 0.6 is 23.1 Å². The van der Waals surface area contributed by atoms with E-state index in [1.165, 1.54) is 28.0 Å². The largest absolute Gasteiger partial charge is 0.467 e. The molecule has 158 valence electrons. The fraction of sp³-hybridized carbons (Fsp3) is 0.300. The van der Waals surface area contributed by atoms with Crippen molar-refractivity contribution in [1.29, 1.82) is 0 Å². The number of anilines is 1. The first-order chi connectivity index (χ1) is 14.4. The molecule has 0 aliphatic rings. The summed E-state index contributed by atoms with van der Waals surface area (Å²) in [6, 6.07) is 10.5. The maximum absolute atomic E-state index is 12.7. The topological polar surface area (TPSA) is 97.6 Å². The van der Waals surface area contributed by atoms with Crippen LogP contribution in [0, 0.1) is 0 Å². The van der Waals surface area contributed by atoms with Crippen LogP contribution in [0.3, 0.4) is 0 Å². The normalized spacial score (nSPS) is 10.8. The lowest BCUT2D eigenvalue weighted by Crippen LogP contribution is -2.31. The van der Waals surface area contributed by atoms with Gasteiger partial charge in [-0.15, -0.1) is 5.10 Å². The Hall–Kier alpha value is -2.85. The summed E-state index contributed by atoms with van der Waals surface area (Å²) in [5.41, 5.74) is 0.939. The molecule has 0 unspecified atom stereocenters. The molecule has 0 saturated carbocycles. The number of hydrogen-bond acceptors (Lipinski definition) is 8. The minimum atomic E-state index is -0.283. The molecule has 8 nitrogen and oxygen atoms in total. The third kappa shape index (κ3) is 5.83. The summed E-state index contributed by atoms with van der Waals surface area (Å²) in [6.45, 7) is 4.09. The Morgan fingerprint density at radius 1 is 1.23 bits per heavy atom. The number of amides is 2. The summed E-state index contributed by atoms with van der Waals surface area (Å²) in [4.78, 5) is 26.8. The number of carbonyl (C=O) groups is 2. The molecule has 2 amide bonds. The zero-order valence-corrected chi connectivity index (χ0v) is 18.5. The molecular weight excluding hydrogens is 424 g/mol. The molecular formula is C20H22N4O4S2. The molecule has 0 radical (unpaired) electrons. The lowest BCUT2D eigenvalue weighted by molar-refractivity contribution is -0.115. The third-order valence-electron chi connectivity index (χ3n) is 3.93. The van der Waals surface area contributed by atoms with Gasteiger partial charge in [-0.1, -0.05) is 29.0 Å². The van der Waals surface area contributed by atoms with Crippen LogP contribution in [0.2, 0.25) is 0 Å². The number of nitrogens with one attached hydrogen (secondary N) is 1. The van der Waals surface area contributed by atoms with Gasteiger partial charge in [-0.25, -0.2) is 0 Å². The first-order valence-corrected chi connectivity index (χ1v) is 11.0. The van der Waals surface area contributed by atoms with Crippen LogP contribution in [-0.2, 0) is 11.3 Å². The maximum atomic E-state index is 12.7. The van der Waals surface area contributed by atoms with Gasteiger partial charge in [0.05, 0.1) is 35.9 Å². The molecule has 10 heteroatoms. The molecule has 0 aliphatic carbocycles. The molecule has 30 heavy (non-hydrogen) atoms. The van der Waals surface area contributed by atoms with Crippen molar-refractivity contribution in [3.63, 3.8) is 0 Å². The molecule has 1 aromatic carbocycles. The van der Waals surface area contributed by atoms with Gasteiger partial charge in [0.2, 0.25) is 5.91 Å². The Morgan fingerprint density at radius 2 is 2.03 bits per heavy atom. The SMILES string of the molecule is CC(C)Oc1nnc(SCC(=O)N(C)c2ccccc2C(=O)NCc2ccco2)s1. The van der Waals surface area contributed by atoms with Gasteiger partial charge in [0.1, 0.15) is 5.76 Å². The Labute approximate surface area is 182 Å². The van der Waals surface area contributed by atoms with Gasteiger partial charge in [-0.2, -0.15) is 0 Å². The average molecular weight is 447 g/mol. The van der Waals surface area contributed by atoms with Crippen molar-refractivity contribution in [3.05, 3.63) is 54.0 Å². The highest BCUT2D eigenvalue weighted by atomic mass is 32.2. The molecule has 0 atom stereocenters. The monoisotopic (exact) mass is 446 g/mol. The van der Waals surface area contributed by atoms with Crippen molar-refractivity contribution < 1.29 is 18.7 Å². The smallest absolute Gasteiger partial charge is 0.295 e. The van der Waals surface area contributed by atoms with E-state index < -0.39 is 0 Å². The molecule has 0 saturated heterocycles. The fourth-order valence-electron chi connectivity index (χ4n) is 2.49. The number of furan rings is 1. The maximum Gasteiger partial charge on any atom is 0.295 e. The van der Waals surface area contributed by atoms with Crippen molar-refractivity contribution in [3.8, 4) is 5.19 Å². The van der Waals surface area contributed by atoms with Crippen LogP contribution in [0.5, 0.6) is 5.19 Å². The van der Waals surface area contributed by atoms with Crippen LogP contribution in [0.4, 0.5) is 5.69 Å².